The van der Waals surface area contributed by atoms with Crippen LogP contribution < -0.4 is 10.8 Å². The molecule has 0 saturated heterocycles. The minimum atomic E-state index is -0.586. The van der Waals surface area contributed by atoms with Crippen molar-refractivity contribution in [3.63, 3.8) is 0 Å². The number of fused-ring (bicyclic) bond motifs is 1. The predicted molar refractivity (Wildman–Crippen MR) is 133 cm³/mol. The zero-order chi connectivity index (χ0) is 25.1. The lowest BCUT2D eigenvalue weighted by Crippen LogP contribution is -2.36. The lowest BCUT2D eigenvalue weighted by atomic mass is 9.84. The fourth-order valence-electron chi connectivity index (χ4n) is 4.31. The molecule has 0 fully saturated rings. The predicted octanol–water partition coefficient (Wildman–Crippen LogP) is 3.30. The summed E-state index contributed by atoms with van der Waals surface area (Å²) in [7, 11) is 4.04. The van der Waals surface area contributed by atoms with Crippen molar-refractivity contribution in [3.8, 4) is 0 Å². The van der Waals surface area contributed by atoms with Crippen LogP contribution in [0.3, 0.4) is 0 Å². The van der Waals surface area contributed by atoms with Crippen LogP contribution in [-0.4, -0.2) is 59.9 Å². The third kappa shape index (κ3) is 8.91. The second-order valence-electron chi connectivity index (χ2n) is 9.80. The summed E-state index contributed by atoms with van der Waals surface area (Å²) in [4.78, 5) is 43.5. The molecular formula is C26H40N4O4. The van der Waals surface area contributed by atoms with Crippen molar-refractivity contribution < 1.29 is 19.6 Å². The number of unbranched alkanes of at least 4 members (excludes halogenated alkanes) is 1. The summed E-state index contributed by atoms with van der Waals surface area (Å²) in [6.07, 6.45) is 4.67. The molecule has 8 nitrogen and oxygen atoms in total. The average molecular weight is 473 g/mol. The first-order valence-corrected chi connectivity index (χ1v) is 12.1. The Morgan fingerprint density at radius 3 is 2.47 bits per heavy atom. The molecule has 0 bridgehead atoms. The molecule has 2 rings (SSSR count). The van der Waals surface area contributed by atoms with Crippen molar-refractivity contribution in [1.29, 1.82) is 0 Å². The molecule has 1 heterocycles. The second-order valence-corrected chi connectivity index (χ2v) is 9.80. The van der Waals surface area contributed by atoms with Crippen LogP contribution in [0.25, 0.3) is 10.9 Å². The van der Waals surface area contributed by atoms with E-state index in [-0.39, 0.29) is 30.4 Å². The van der Waals surface area contributed by atoms with Gasteiger partial charge in [-0.25, -0.2) is 5.48 Å². The number of Topliss-reactive ketones (excluding diaryl/α,β-unsaturated/α-hetero) is 1. The first-order valence-electron chi connectivity index (χ1n) is 12.1. The van der Waals surface area contributed by atoms with Crippen molar-refractivity contribution in [3.05, 3.63) is 36.0 Å². The number of H-pyrrole nitrogens is 1. The lowest BCUT2D eigenvalue weighted by Gasteiger charge is -2.21. The number of aromatic amines is 1. The third-order valence-corrected chi connectivity index (χ3v) is 6.06. The Hall–Kier alpha value is -2.71. The van der Waals surface area contributed by atoms with Gasteiger partial charge in [0, 0.05) is 48.3 Å². The van der Waals surface area contributed by atoms with Crippen LogP contribution >= 0.6 is 0 Å². The molecule has 1 aromatic heterocycles. The molecule has 0 radical (unpaired) electrons. The molecular weight excluding hydrogens is 432 g/mol. The summed E-state index contributed by atoms with van der Waals surface area (Å²) in [5, 5.41) is 13.0. The van der Waals surface area contributed by atoms with Crippen LogP contribution in [0.2, 0.25) is 0 Å². The van der Waals surface area contributed by atoms with Gasteiger partial charge in [-0.3, -0.25) is 19.6 Å². The summed E-state index contributed by atoms with van der Waals surface area (Å²) in [6.45, 7) is 5.49. The maximum atomic E-state index is 13.2. The van der Waals surface area contributed by atoms with Gasteiger partial charge in [-0.2, -0.15) is 0 Å². The number of para-hydroxylation sites is 1. The largest absolute Gasteiger partial charge is 0.361 e. The van der Waals surface area contributed by atoms with Crippen molar-refractivity contribution in [2.45, 2.75) is 52.4 Å². The summed E-state index contributed by atoms with van der Waals surface area (Å²) >= 11 is 0. The zero-order valence-corrected chi connectivity index (χ0v) is 20.9. The third-order valence-electron chi connectivity index (χ3n) is 6.06. The number of hydroxylamine groups is 1. The van der Waals surface area contributed by atoms with E-state index >= 15 is 0 Å². The molecule has 0 unspecified atom stereocenters. The highest BCUT2D eigenvalue weighted by Crippen LogP contribution is 2.25. The molecule has 0 aliphatic carbocycles. The van der Waals surface area contributed by atoms with E-state index in [1.54, 1.807) is 5.48 Å². The zero-order valence-electron chi connectivity index (χ0n) is 20.9. The quantitative estimate of drug-likeness (QED) is 0.180. The highest BCUT2D eigenvalue weighted by atomic mass is 16.5. The number of hydrogen-bond donors (Lipinski definition) is 4. The fraction of sp³-hybridized carbons (Fsp3) is 0.577. The van der Waals surface area contributed by atoms with E-state index in [1.165, 1.54) is 0 Å². The monoisotopic (exact) mass is 472 g/mol. The lowest BCUT2D eigenvalue weighted by molar-refractivity contribution is -0.135. The van der Waals surface area contributed by atoms with Gasteiger partial charge in [-0.1, -0.05) is 32.0 Å². The van der Waals surface area contributed by atoms with Crippen LogP contribution in [0.1, 0.15) is 51.5 Å². The number of ketones is 1. The van der Waals surface area contributed by atoms with Gasteiger partial charge in [0.25, 0.3) is 0 Å². The standard InChI is InChI=1S/C26H40N4O4/c1-18(2)13-19(16-25(32)29-34)24(31)15-20(26(33)27-11-7-8-12-30(3)4)14-21-17-28-23-10-6-5-9-22(21)23/h5-6,9-10,17-20,28,34H,7-8,11-16H2,1-4H3,(H,27,33)(H,29,32)/t19-,20-/m1/s1. The van der Waals surface area contributed by atoms with Crippen LogP contribution in [0.4, 0.5) is 0 Å². The van der Waals surface area contributed by atoms with Gasteiger partial charge in [0.15, 0.2) is 0 Å². The van der Waals surface area contributed by atoms with E-state index in [1.807, 2.05) is 58.4 Å². The molecule has 1 aromatic carbocycles. The highest BCUT2D eigenvalue weighted by Gasteiger charge is 2.29. The molecule has 2 atom stereocenters. The van der Waals surface area contributed by atoms with E-state index in [9.17, 15) is 14.4 Å². The van der Waals surface area contributed by atoms with Crippen LogP contribution in [0, 0.1) is 17.8 Å². The molecule has 0 saturated carbocycles. The maximum absolute atomic E-state index is 13.2. The van der Waals surface area contributed by atoms with E-state index in [0.29, 0.717) is 19.4 Å². The fourth-order valence-corrected chi connectivity index (χ4v) is 4.31. The van der Waals surface area contributed by atoms with Crippen LogP contribution in [-0.2, 0) is 20.8 Å². The van der Waals surface area contributed by atoms with Crippen molar-refractivity contribution in [1.82, 2.24) is 20.7 Å². The maximum Gasteiger partial charge on any atom is 0.244 e. The van der Waals surface area contributed by atoms with Gasteiger partial charge in [-0.05, 0) is 63.9 Å². The summed E-state index contributed by atoms with van der Waals surface area (Å²) in [6, 6.07) is 7.89. The number of carbonyl (C=O) groups excluding carboxylic acids is 3. The summed E-state index contributed by atoms with van der Waals surface area (Å²) < 4.78 is 0. The van der Waals surface area contributed by atoms with E-state index in [2.05, 4.69) is 15.2 Å². The number of rotatable bonds is 15. The Balaban J connectivity index is 2.15. The summed E-state index contributed by atoms with van der Waals surface area (Å²) in [5.41, 5.74) is 3.61. The van der Waals surface area contributed by atoms with Crippen LogP contribution in [0.5, 0.6) is 0 Å². The first kappa shape index (κ1) is 27.5. The molecule has 0 aliphatic rings. The Morgan fingerprint density at radius 1 is 1.06 bits per heavy atom. The molecule has 4 N–H and O–H groups in total. The molecule has 188 valence electrons. The first-order chi connectivity index (χ1) is 16.2. The molecule has 0 aliphatic heterocycles. The molecule has 8 heteroatoms. The van der Waals surface area contributed by atoms with Gasteiger partial charge in [0.1, 0.15) is 5.78 Å². The smallest absolute Gasteiger partial charge is 0.244 e. The van der Waals surface area contributed by atoms with E-state index < -0.39 is 17.7 Å². The minimum Gasteiger partial charge on any atom is -0.361 e. The molecule has 34 heavy (non-hydrogen) atoms. The number of aromatic nitrogens is 1. The van der Waals surface area contributed by atoms with E-state index in [4.69, 9.17) is 5.21 Å². The SMILES string of the molecule is CC(C)C[C@H](CC(=O)NO)C(=O)C[C@@H](Cc1c[nH]c2ccccc12)C(=O)NCCCCN(C)C. The summed E-state index contributed by atoms with van der Waals surface area (Å²) in [5.74, 6) is -1.71. The van der Waals surface area contributed by atoms with E-state index in [0.717, 1.165) is 35.9 Å². The van der Waals surface area contributed by atoms with Crippen molar-refractivity contribution in [2.24, 2.45) is 17.8 Å². The van der Waals surface area contributed by atoms with Gasteiger partial charge < -0.3 is 15.2 Å². The van der Waals surface area contributed by atoms with Crippen molar-refractivity contribution >= 4 is 28.5 Å². The Labute approximate surface area is 202 Å². The number of amides is 2. The van der Waals surface area contributed by atoms with Gasteiger partial charge in [0.05, 0.1) is 0 Å². The van der Waals surface area contributed by atoms with Gasteiger partial charge in [-0.15, -0.1) is 0 Å². The number of hydrogen-bond acceptors (Lipinski definition) is 5. The molecule has 0 spiro atoms. The number of carbonyl (C=O) groups is 3. The number of benzene rings is 1. The molecule has 2 amide bonds. The number of nitrogens with one attached hydrogen (secondary N) is 3. The van der Waals surface area contributed by atoms with Crippen molar-refractivity contribution in [2.75, 3.05) is 27.2 Å². The highest BCUT2D eigenvalue weighted by molar-refractivity contribution is 5.91. The normalized spacial score (nSPS) is 13.3. The molecule has 2 aromatic rings. The Bertz CT molecular complexity index is 938. The van der Waals surface area contributed by atoms with Gasteiger partial charge >= 0.3 is 0 Å². The Kier molecular flexibility index (Phi) is 11.2. The van der Waals surface area contributed by atoms with Gasteiger partial charge in [0.2, 0.25) is 11.8 Å². The number of nitrogens with zero attached hydrogens (tertiary/aromatic N) is 1. The minimum absolute atomic E-state index is 0.0547. The average Bonchev–Trinajstić information content (AvgIpc) is 3.20. The second kappa shape index (κ2) is 13.9. The van der Waals surface area contributed by atoms with Crippen LogP contribution in [0.15, 0.2) is 30.5 Å². The topological polar surface area (TPSA) is 115 Å². The Morgan fingerprint density at radius 2 is 1.79 bits per heavy atom.